The van der Waals surface area contributed by atoms with Crippen LogP contribution in [0.5, 0.6) is 0 Å². The summed E-state index contributed by atoms with van der Waals surface area (Å²) in [6, 6.07) is 23.2. The van der Waals surface area contributed by atoms with Crippen LogP contribution in [0.25, 0.3) is 0 Å². The van der Waals surface area contributed by atoms with Gasteiger partial charge in [0.15, 0.2) is 0 Å². The molecule has 2 fully saturated rings. The number of benzene rings is 3. The molecule has 4 unspecified atom stereocenters. The molecule has 4 atom stereocenters. The number of para-hydroxylation sites is 2. The molecule has 0 aromatic heterocycles. The van der Waals surface area contributed by atoms with Crippen LogP contribution in [0.4, 0.5) is 17.1 Å². The molecular formula is C32H32N4O4. The van der Waals surface area contributed by atoms with Crippen molar-refractivity contribution in [3.63, 3.8) is 0 Å². The van der Waals surface area contributed by atoms with Crippen molar-refractivity contribution in [1.29, 1.82) is 0 Å². The SMILES string of the molecule is Cc1ccc(NC(=O)CN2C(=O)C3(NC(CC(C)C)C4C(=O)N(c5ccccc5)C(=O)C43)c3ccccc32)cc1. The van der Waals surface area contributed by atoms with Crippen LogP contribution in [0.3, 0.4) is 0 Å². The summed E-state index contributed by atoms with van der Waals surface area (Å²) in [5.74, 6) is -2.82. The highest BCUT2D eigenvalue weighted by Gasteiger charge is 2.71. The summed E-state index contributed by atoms with van der Waals surface area (Å²) >= 11 is 0. The van der Waals surface area contributed by atoms with Gasteiger partial charge in [-0.3, -0.25) is 24.5 Å². The molecule has 3 aromatic carbocycles. The maximum Gasteiger partial charge on any atom is 0.253 e. The summed E-state index contributed by atoms with van der Waals surface area (Å²) in [6.07, 6.45) is 0.619. The number of amides is 4. The van der Waals surface area contributed by atoms with E-state index in [1.807, 2.05) is 55.5 Å². The van der Waals surface area contributed by atoms with E-state index in [4.69, 9.17) is 0 Å². The Kier molecular flexibility index (Phi) is 6.30. The standard InChI is InChI=1S/C32H32N4O4/c1-19(2)17-24-27-28(30(39)36(29(27)38)22-9-5-4-6-10-22)32(34-24)23-11-7-8-12-25(23)35(31(32)40)18-26(37)33-21-15-13-20(3)14-16-21/h4-16,19,24,27-28,34H,17-18H2,1-3H3,(H,33,37). The zero-order valence-electron chi connectivity index (χ0n) is 22.8. The van der Waals surface area contributed by atoms with E-state index in [1.54, 1.807) is 30.3 Å². The lowest BCUT2D eigenvalue weighted by atomic mass is 9.76. The Hall–Kier alpha value is -4.30. The third kappa shape index (κ3) is 3.93. The average molecular weight is 537 g/mol. The van der Waals surface area contributed by atoms with Gasteiger partial charge in [-0.1, -0.05) is 67.9 Å². The third-order valence-corrected chi connectivity index (χ3v) is 8.24. The number of carbonyl (C=O) groups excluding carboxylic acids is 4. The summed E-state index contributed by atoms with van der Waals surface area (Å²) in [7, 11) is 0. The van der Waals surface area contributed by atoms with Crippen molar-refractivity contribution in [2.75, 3.05) is 21.7 Å². The van der Waals surface area contributed by atoms with Crippen LogP contribution < -0.4 is 20.4 Å². The van der Waals surface area contributed by atoms with Gasteiger partial charge >= 0.3 is 0 Å². The molecule has 0 bridgehead atoms. The molecule has 2 saturated heterocycles. The molecule has 0 aliphatic carbocycles. The first kappa shape index (κ1) is 26.0. The maximum atomic E-state index is 14.5. The number of imide groups is 1. The first-order valence-corrected chi connectivity index (χ1v) is 13.7. The Labute approximate surface area is 233 Å². The largest absolute Gasteiger partial charge is 0.325 e. The fourth-order valence-corrected chi connectivity index (χ4v) is 6.63. The Bertz CT molecular complexity index is 1500. The van der Waals surface area contributed by atoms with Gasteiger partial charge in [0.2, 0.25) is 17.7 Å². The van der Waals surface area contributed by atoms with E-state index in [0.29, 0.717) is 29.0 Å². The predicted molar refractivity (Wildman–Crippen MR) is 153 cm³/mol. The lowest BCUT2D eigenvalue weighted by molar-refractivity contribution is -0.132. The van der Waals surface area contributed by atoms with E-state index in [9.17, 15) is 19.2 Å². The molecule has 1 spiro atoms. The average Bonchev–Trinajstić information content (AvgIpc) is 3.49. The highest BCUT2D eigenvalue weighted by molar-refractivity contribution is 6.26. The van der Waals surface area contributed by atoms with Gasteiger partial charge in [0.05, 0.1) is 17.5 Å². The van der Waals surface area contributed by atoms with Gasteiger partial charge in [-0.2, -0.15) is 0 Å². The number of hydrogen-bond donors (Lipinski definition) is 2. The lowest BCUT2D eigenvalue weighted by Crippen LogP contribution is -2.56. The summed E-state index contributed by atoms with van der Waals surface area (Å²) < 4.78 is 0. The van der Waals surface area contributed by atoms with Crippen LogP contribution in [0.2, 0.25) is 0 Å². The zero-order valence-corrected chi connectivity index (χ0v) is 22.8. The minimum absolute atomic E-state index is 0.218. The highest BCUT2D eigenvalue weighted by atomic mass is 16.2. The number of carbonyl (C=O) groups is 4. The topological polar surface area (TPSA) is 98.8 Å². The molecule has 8 heteroatoms. The monoisotopic (exact) mass is 536 g/mol. The Morgan fingerprint density at radius 3 is 2.30 bits per heavy atom. The van der Waals surface area contributed by atoms with Crippen molar-refractivity contribution >= 4 is 40.7 Å². The molecule has 2 N–H and O–H groups in total. The number of hydrogen-bond acceptors (Lipinski definition) is 5. The van der Waals surface area contributed by atoms with Crippen molar-refractivity contribution in [3.05, 3.63) is 90.0 Å². The fourth-order valence-electron chi connectivity index (χ4n) is 6.63. The third-order valence-electron chi connectivity index (χ3n) is 8.24. The van der Waals surface area contributed by atoms with E-state index in [-0.39, 0.29) is 36.2 Å². The summed E-state index contributed by atoms with van der Waals surface area (Å²) in [5.41, 5.74) is 1.96. The zero-order chi connectivity index (χ0) is 28.2. The Balaban J connectivity index is 1.40. The van der Waals surface area contributed by atoms with Crippen molar-refractivity contribution in [2.45, 2.75) is 38.8 Å². The molecular weight excluding hydrogens is 504 g/mol. The Morgan fingerprint density at radius 1 is 0.925 bits per heavy atom. The second-order valence-electron chi connectivity index (χ2n) is 11.4. The molecule has 3 aliphatic rings. The first-order valence-electron chi connectivity index (χ1n) is 13.7. The van der Waals surface area contributed by atoms with E-state index >= 15 is 0 Å². The van der Waals surface area contributed by atoms with Crippen molar-refractivity contribution in [3.8, 4) is 0 Å². The van der Waals surface area contributed by atoms with Gasteiger partial charge in [-0.15, -0.1) is 0 Å². The number of rotatable bonds is 6. The van der Waals surface area contributed by atoms with E-state index in [0.717, 1.165) is 5.56 Å². The van der Waals surface area contributed by atoms with Crippen LogP contribution in [0.15, 0.2) is 78.9 Å². The highest BCUT2D eigenvalue weighted by Crippen LogP contribution is 2.55. The molecule has 3 aromatic rings. The van der Waals surface area contributed by atoms with Crippen LogP contribution in [-0.4, -0.2) is 36.2 Å². The van der Waals surface area contributed by atoms with Gasteiger partial charge in [0, 0.05) is 23.0 Å². The summed E-state index contributed by atoms with van der Waals surface area (Å²) in [4.78, 5) is 58.4. The second kappa shape index (κ2) is 9.71. The van der Waals surface area contributed by atoms with Crippen LogP contribution in [-0.2, 0) is 24.7 Å². The first-order chi connectivity index (χ1) is 19.2. The molecule has 204 valence electrons. The van der Waals surface area contributed by atoms with Crippen LogP contribution in [0.1, 0.15) is 31.4 Å². The minimum atomic E-state index is -1.44. The van der Waals surface area contributed by atoms with E-state index in [2.05, 4.69) is 24.5 Å². The minimum Gasteiger partial charge on any atom is -0.325 e. The molecule has 3 aliphatic heterocycles. The van der Waals surface area contributed by atoms with Gasteiger partial charge in [-0.25, -0.2) is 4.90 Å². The maximum absolute atomic E-state index is 14.5. The number of nitrogens with one attached hydrogen (secondary N) is 2. The molecule has 3 heterocycles. The molecule has 6 rings (SSSR count). The fraction of sp³-hybridized carbons (Fsp3) is 0.312. The van der Waals surface area contributed by atoms with E-state index in [1.165, 1.54) is 9.80 Å². The number of nitrogens with zero attached hydrogens (tertiary/aromatic N) is 2. The van der Waals surface area contributed by atoms with Crippen LogP contribution in [0, 0.1) is 24.7 Å². The van der Waals surface area contributed by atoms with Crippen molar-refractivity contribution in [2.24, 2.45) is 17.8 Å². The van der Waals surface area contributed by atoms with Crippen molar-refractivity contribution in [1.82, 2.24) is 5.32 Å². The van der Waals surface area contributed by atoms with Gasteiger partial charge < -0.3 is 10.2 Å². The number of anilines is 3. The van der Waals surface area contributed by atoms with Gasteiger partial charge in [0.25, 0.3) is 5.91 Å². The molecule has 8 nitrogen and oxygen atoms in total. The number of fused-ring (bicyclic) bond motifs is 4. The van der Waals surface area contributed by atoms with Crippen molar-refractivity contribution < 1.29 is 19.2 Å². The predicted octanol–water partition coefficient (Wildman–Crippen LogP) is 4.00. The summed E-state index contributed by atoms with van der Waals surface area (Å²) in [5, 5.41) is 6.38. The smallest absolute Gasteiger partial charge is 0.253 e. The number of aryl methyl sites for hydroxylation is 1. The van der Waals surface area contributed by atoms with Crippen LogP contribution >= 0.6 is 0 Å². The van der Waals surface area contributed by atoms with E-state index < -0.39 is 23.3 Å². The second-order valence-corrected chi connectivity index (χ2v) is 11.4. The lowest BCUT2D eigenvalue weighted by Gasteiger charge is -2.31. The van der Waals surface area contributed by atoms with Gasteiger partial charge in [-0.05, 0) is 49.6 Å². The Morgan fingerprint density at radius 2 is 1.60 bits per heavy atom. The molecule has 0 saturated carbocycles. The summed E-state index contributed by atoms with van der Waals surface area (Å²) in [6.45, 7) is 5.87. The molecule has 40 heavy (non-hydrogen) atoms. The molecule has 0 radical (unpaired) electrons. The van der Waals surface area contributed by atoms with Gasteiger partial charge in [0.1, 0.15) is 12.1 Å². The normalized spacial score (nSPS) is 25.2. The molecule has 4 amide bonds. The quantitative estimate of drug-likeness (QED) is 0.464.